The second kappa shape index (κ2) is 9.77. The monoisotopic (exact) mass is 251 g/mol. The molecule has 0 radical (unpaired) electrons. The Morgan fingerprint density at radius 3 is 2.33 bits per heavy atom. The van der Waals surface area contributed by atoms with E-state index in [-0.39, 0.29) is 0 Å². The summed E-state index contributed by atoms with van der Waals surface area (Å²) in [6.07, 6.45) is 4.62. The van der Waals surface area contributed by atoms with E-state index in [0.717, 1.165) is 31.1 Å². The molecule has 0 fully saturated rings. The Balaban J connectivity index is 2.00. The van der Waals surface area contributed by atoms with Crippen molar-refractivity contribution in [1.82, 2.24) is 0 Å². The number of benzene rings is 1. The quantitative estimate of drug-likeness (QED) is 0.643. The van der Waals surface area contributed by atoms with Crippen LogP contribution in [0.5, 0.6) is 5.75 Å². The Bertz CT molecular complexity index is 298. The molecular weight excluding hydrogens is 226 g/mol. The van der Waals surface area contributed by atoms with Gasteiger partial charge < -0.3 is 14.8 Å². The van der Waals surface area contributed by atoms with Crippen LogP contribution in [0.25, 0.3) is 0 Å². The minimum absolute atomic E-state index is 0.715. The zero-order chi connectivity index (χ0) is 13.1. The van der Waals surface area contributed by atoms with Crippen LogP contribution in [0.3, 0.4) is 0 Å². The number of rotatable bonds is 10. The van der Waals surface area contributed by atoms with E-state index in [9.17, 15) is 0 Å². The maximum Gasteiger partial charge on any atom is 0.119 e. The second-order valence-corrected chi connectivity index (χ2v) is 4.30. The Hall–Kier alpha value is -1.22. The smallest absolute Gasteiger partial charge is 0.119 e. The van der Waals surface area contributed by atoms with Crippen molar-refractivity contribution in [2.75, 3.05) is 32.2 Å². The van der Waals surface area contributed by atoms with E-state index in [2.05, 4.69) is 12.2 Å². The van der Waals surface area contributed by atoms with Gasteiger partial charge in [-0.15, -0.1) is 0 Å². The van der Waals surface area contributed by atoms with Gasteiger partial charge in [0.1, 0.15) is 5.75 Å². The van der Waals surface area contributed by atoms with Gasteiger partial charge in [-0.25, -0.2) is 0 Å². The second-order valence-electron chi connectivity index (χ2n) is 4.30. The lowest BCUT2D eigenvalue weighted by Crippen LogP contribution is -2.04. The maximum absolute atomic E-state index is 5.63. The van der Waals surface area contributed by atoms with E-state index in [0.29, 0.717) is 6.61 Å². The van der Waals surface area contributed by atoms with Gasteiger partial charge in [-0.05, 0) is 30.7 Å². The van der Waals surface area contributed by atoms with Gasteiger partial charge in [-0.2, -0.15) is 0 Å². The molecule has 0 spiro atoms. The Labute approximate surface area is 110 Å². The molecule has 1 aromatic rings. The van der Waals surface area contributed by atoms with E-state index in [4.69, 9.17) is 9.47 Å². The average Bonchev–Trinajstić information content (AvgIpc) is 2.42. The molecule has 0 aliphatic carbocycles. The number of unbranched alkanes of at least 4 members (excludes halogenated alkanes) is 2. The molecule has 0 saturated carbocycles. The minimum atomic E-state index is 0.715. The van der Waals surface area contributed by atoms with Crippen LogP contribution in [0.1, 0.15) is 32.6 Å². The number of anilines is 1. The third-order valence-corrected chi connectivity index (χ3v) is 2.74. The molecule has 0 atom stereocenters. The molecule has 0 saturated heterocycles. The summed E-state index contributed by atoms with van der Waals surface area (Å²) < 4.78 is 11.1. The molecule has 102 valence electrons. The zero-order valence-corrected chi connectivity index (χ0v) is 11.6. The zero-order valence-electron chi connectivity index (χ0n) is 11.6. The summed E-state index contributed by atoms with van der Waals surface area (Å²) in [7, 11) is 1.91. The molecule has 18 heavy (non-hydrogen) atoms. The molecule has 3 nitrogen and oxygen atoms in total. The summed E-state index contributed by atoms with van der Waals surface area (Å²) in [5.74, 6) is 0.917. The third kappa shape index (κ3) is 6.50. The lowest BCUT2D eigenvalue weighted by molar-refractivity contribution is 0.116. The summed E-state index contributed by atoms with van der Waals surface area (Å²) in [5.41, 5.74) is 1.10. The summed E-state index contributed by atoms with van der Waals surface area (Å²) in [5, 5.41) is 3.08. The predicted molar refractivity (Wildman–Crippen MR) is 76.4 cm³/mol. The highest BCUT2D eigenvalue weighted by atomic mass is 16.5. The van der Waals surface area contributed by atoms with Crippen LogP contribution in [-0.2, 0) is 4.74 Å². The van der Waals surface area contributed by atoms with Crippen LogP contribution < -0.4 is 10.1 Å². The molecule has 1 aromatic carbocycles. The fourth-order valence-corrected chi connectivity index (χ4v) is 1.63. The van der Waals surface area contributed by atoms with Crippen molar-refractivity contribution in [3.8, 4) is 5.75 Å². The van der Waals surface area contributed by atoms with E-state index >= 15 is 0 Å². The lowest BCUT2D eigenvalue weighted by atomic mass is 10.3. The van der Waals surface area contributed by atoms with Gasteiger partial charge in [0.2, 0.25) is 0 Å². The number of nitrogens with one attached hydrogen (secondary N) is 1. The third-order valence-electron chi connectivity index (χ3n) is 2.74. The molecule has 0 unspecified atom stereocenters. The maximum atomic E-state index is 5.63. The van der Waals surface area contributed by atoms with Crippen molar-refractivity contribution in [1.29, 1.82) is 0 Å². The highest BCUT2D eigenvalue weighted by Gasteiger charge is 1.94. The van der Waals surface area contributed by atoms with E-state index in [1.807, 2.05) is 31.3 Å². The fraction of sp³-hybridized carbons (Fsp3) is 0.600. The van der Waals surface area contributed by atoms with Gasteiger partial charge >= 0.3 is 0 Å². The van der Waals surface area contributed by atoms with Crippen molar-refractivity contribution in [3.63, 3.8) is 0 Å². The average molecular weight is 251 g/mol. The number of hydrogen-bond acceptors (Lipinski definition) is 3. The number of hydrogen-bond donors (Lipinski definition) is 1. The van der Waals surface area contributed by atoms with E-state index in [1.165, 1.54) is 19.3 Å². The van der Waals surface area contributed by atoms with Crippen LogP contribution in [0.2, 0.25) is 0 Å². The van der Waals surface area contributed by atoms with Crippen molar-refractivity contribution < 1.29 is 9.47 Å². The van der Waals surface area contributed by atoms with Crippen LogP contribution in [-0.4, -0.2) is 26.9 Å². The van der Waals surface area contributed by atoms with E-state index in [1.54, 1.807) is 0 Å². The molecule has 1 N–H and O–H groups in total. The minimum Gasteiger partial charge on any atom is -0.494 e. The van der Waals surface area contributed by atoms with Gasteiger partial charge in [0.25, 0.3) is 0 Å². The molecule has 0 aromatic heterocycles. The van der Waals surface area contributed by atoms with Gasteiger partial charge in [0.15, 0.2) is 0 Å². The Morgan fingerprint density at radius 2 is 1.67 bits per heavy atom. The van der Waals surface area contributed by atoms with Crippen LogP contribution in [0.15, 0.2) is 24.3 Å². The summed E-state index contributed by atoms with van der Waals surface area (Å²) in [4.78, 5) is 0. The van der Waals surface area contributed by atoms with Crippen molar-refractivity contribution in [2.45, 2.75) is 32.6 Å². The highest BCUT2D eigenvalue weighted by molar-refractivity contribution is 5.45. The first kappa shape index (κ1) is 14.8. The number of ether oxygens (including phenoxy) is 2. The van der Waals surface area contributed by atoms with Gasteiger partial charge in [0, 0.05) is 32.4 Å². The summed E-state index contributed by atoms with van der Waals surface area (Å²) in [6.45, 7) is 4.59. The normalized spacial score (nSPS) is 10.3. The summed E-state index contributed by atoms with van der Waals surface area (Å²) in [6, 6.07) is 7.98. The highest BCUT2D eigenvalue weighted by Crippen LogP contribution is 2.15. The predicted octanol–water partition coefficient (Wildman–Crippen LogP) is 3.70. The van der Waals surface area contributed by atoms with Crippen molar-refractivity contribution >= 4 is 5.69 Å². The van der Waals surface area contributed by atoms with Gasteiger partial charge in [-0.1, -0.05) is 19.8 Å². The molecule has 0 heterocycles. The van der Waals surface area contributed by atoms with Crippen molar-refractivity contribution in [2.24, 2.45) is 0 Å². The van der Waals surface area contributed by atoms with Gasteiger partial charge in [0.05, 0.1) is 6.61 Å². The van der Waals surface area contributed by atoms with Gasteiger partial charge in [-0.3, -0.25) is 0 Å². The standard InChI is InChI=1S/C15H25NO2/c1-3-4-5-11-17-12-6-13-18-15-9-7-14(16-2)8-10-15/h7-10,16H,3-6,11-13H2,1-2H3. The largest absolute Gasteiger partial charge is 0.494 e. The molecule has 0 aliphatic heterocycles. The first-order chi connectivity index (χ1) is 8.86. The van der Waals surface area contributed by atoms with Crippen LogP contribution >= 0.6 is 0 Å². The van der Waals surface area contributed by atoms with Crippen LogP contribution in [0.4, 0.5) is 5.69 Å². The lowest BCUT2D eigenvalue weighted by Gasteiger charge is -2.07. The first-order valence-corrected chi connectivity index (χ1v) is 6.85. The Kier molecular flexibility index (Phi) is 8.06. The SMILES string of the molecule is CCCCCOCCCOc1ccc(NC)cc1. The van der Waals surface area contributed by atoms with E-state index < -0.39 is 0 Å². The first-order valence-electron chi connectivity index (χ1n) is 6.85. The molecule has 0 bridgehead atoms. The van der Waals surface area contributed by atoms with Crippen molar-refractivity contribution in [3.05, 3.63) is 24.3 Å². The fourth-order valence-electron chi connectivity index (χ4n) is 1.63. The topological polar surface area (TPSA) is 30.5 Å². The molecule has 0 aliphatic rings. The van der Waals surface area contributed by atoms with Crippen LogP contribution in [0, 0.1) is 0 Å². The molecule has 1 rings (SSSR count). The Morgan fingerprint density at radius 1 is 0.944 bits per heavy atom. The summed E-state index contributed by atoms with van der Waals surface area (Å²) >= 11 is 0. The molecule has 3 heteroatoms. The molecular formula is C15H25NO2. The molecule has 0 amide bonds.